The number of rotatable bonds is 3. The Hall–Kier alpha value is -1.66. The van der Waals surface area contributed by atoms with Gasteiger partial charge in [0.15, 0.2) is 0 Å². The van der Waals surface area contributed by atoms with Crippen LogP contribution in [0, 0.1) is 5.82 Å². The molecule has 2 heterocycles. The monoisotopic (exact) mass is 365 g/mol. The second kappa shape index (κ2) is 6.62. The van der Waals surface area contributed by atoms with E-state index < -0.39 is 0 Å². The summed E-state index contributed by atoms with van der Waals surface area (Å²) in [5.74, 6) is -0.159. The molecule has 3 rings (SSSR count). The van der Waals surface area contributed by atoms with E-state index in [9.17, 15) is 9.18 Å². The average molecular weight is 366 g/mol. The Kier molecular flexibility index (Phi) is 4.59. The largest absolute Gasteiger partial charge is 0.356 e. The van der Waals surface area contributed by atoms with E-state index in [0.29, 0.717) is 30.9 Å². The molecule has 0 saturated carbocycles. The summed E-state index contributed by atoms with van der Waals surface area (Å²) in [4.78, 5) is 19.3. The minimum Gasteiger partial charge on any atom is -0.356 e. The molecule has 0 unspecified atom stereocenters. The molecule has 0 spiro atoms. The molecule has 1 N–H and O–H groups in total. The van der Waals surface area contributed by atoms with Crippen LogP contribution in [0.4, 0.5) is 4.39 Å². The van der Waals surface area contributed by atoms with Gasteiger partial charge in [-0.3, -0.25) is 9.69 Å². The first-order valence-corrected chi connectivity index (χ1v) is 8.02. The fraction of sp³-hybridized carbons (Fsp3) is 0.312. The van der Waals surface area contributed by atoms with Gasteiger partial charge in [-0.15, -0.1) is 0 Å². The molecule has 4 nitrogen and oxygen atoms in total. The SMILES string of the molecule is O=C(c1cc(Br)c[nH]1)N1CCN(Cc2ccccc2F)CC1. The van der Waals surface area contributed by atoms with Gasteiger partial charge in [0.1, 0.15) is 11.5 Å². The molecule has 1 aromatic carbocycles. The third kappa shape index (κ3) is 3.39. The molecule has 1 aliphatic rings. The number of piperazine rings is 1. The van der Waals surface area contributed by atoms with Crippen LogP contribution in [0.3, 0.4) is 0 Å². The Bertz CT molecular complexity index is 665. The van der Waals surface area contributed by atoms with E-state index in [2.05, 4.69) is 25.8 Å². The first-order valence-electron chi connectivity index (χ1n) is 7.22. The smallest absolute Gasteiger partial charge is 0.270 e. The summed E-state index contributed by atoms with van der Waals surface area (Å²) in [7, 11) is 0. The predicted molar refractivity (Wildman–Crippen MR) is 86.1 cm³/mol. The van der Waals surface area contributed by atoms with Crippen molar-refractivity contribution in [1.82, 2.24) is 14.8 Å². The highest BCUT2D eigenvalue weighted by Crippen LogP contribution is 2.15. The van der Waals surface area contributed by atoms with Gasteiger partial charge in [0.2, 0.25) is 0 Å². The Labute approximate surface area is 137 Å². The van der Waals surface area contributed by atoms with Crippen LogP contribution in [0.15, 0.2) is 41.0 Å². The van der Waals surface area contributed by atoms with Crippen LogP contribution in [0.2, 0.25) is 0 Å². The van der Waals surface area contributed by atoms with Crippen molar-refractivity contribution >= 4 is 21.8 Å². The molecule has 6 heteroatoms. The van der Waals surface area contributed by atoms with Gasteiger partial charge in [0.05, 0.1) is 0 Å². The number of hydrogen-bond donors (Lipinski definition) is 1. The lowest BCUT2D eigenvalue weighted by Crippen LogP contribution is -2.48. The van der Waals surface area contributed by atoms with Crippen molar-refractivity contribution in [2.75, 3.05) is 26.2 Å². The number of carbonyl (C=O) groups excluding carboxylic acids is 1. The lowest BCUT2D eigenvalue weighted by molar-refractivity contribution is 0.0622. The van der Waals surface area contributed by atoms with Crippen LogP contribution in [0.1, 0.15) is 16.1 Å². The molecule has 1 saturated heterocycles. The maximum absolute atomic E-state index is 13.7. The molecule has 22 heavy (non-hydrogen) atoms. The molecule has 0 bridgehead atoms. The minimum atomic E-state index is -0.169. The highest BCUT2D eigenvalue weighted by molar-refractivity contribution is 9.10. The van der Waals surface area contributed by atoms with E-state index in [1.807, 2.05) is 17.0 Å². The van der Waals surface area contributed by atoms with Crippen molar-refractivity contribution in [3.8, 4) is 0 Å². The number of amides is 1. The van der Waals surface area contributed by atoms with Crippen molar-refractivity contribution in [2.24, 2.45) is 0 Å². The number of halogens is 2. The Morgan fingerprint density at radius 3 is 2.59 bits per heavy atom. The van der Waals surface area contributed by atoms with E-state index in [1.165, 1.54) is 6.07 Å². The van der Waals surface area contributed by atoms with Gasteiger partial charge in [0.25, 0.3) is 5.91 Å². The lowest BCUT2D eigenvalue weighted by atomic mass is 10.2. The number of benzene rings is 1. The predicted octanol–water partition coefficient (Wildman–Crippen LogP) is 2.87. The molecule has 1 fully saturated rings. The van der Waals surface area contributed by atoms with Crippen LogP contribution in [-0.4, -0.2) is 46.9 Å². The summed E-state index contributed by atoms with van der Waals surface area (Å²) in [5.41, 5.74) is 1.30. The quantitative estimate of drug-likeness (QED) is 0.908. The van der Waals surface area contributed by atoms with E-state index >= 15 is 0 Å². The van der Waals surface area contributed by atoms with Gasteiger partial charge in [-0.1, -0.05) is 18.2 Å². The van der Waals surface area contributed by atoms with Gasteiger partial charge in [-0.05, 0) is 28.1 Å². The zero-order valence-corrected chi connectivity index (χ0v) is 13.6. The van der Waals surface area contributed by atoms with Gasteiger partial charge < -0.3 is 9.88 Å². The third-order valence-electron chi connectivity index (χ3n) is 3.89. The van der Waals surface area contributed by atoms with Gasteiger partial charge in [-0.25, -0.2) is 4.39 Å². The maximum Gasteiger partial charge on any atom is 0.270 e. The average Bonchev–Trinajstić information content (AvgIpc) is 2.96. The van der Waals surface area contributed by atoms with E-state index in [0.717, 1.165) is 17.6 Å². The molecule has 1 aromatic heterocycles. The number of nitrogens with one attached hydrogen (secondary N) is 1. The van der Waals surface area contributed by atoms with Crippen molar-refractivity contribution in [3.05, 3.63) is 58.1 Å². The molecular weight excluding hydrogens is 349 g/mol. The molecule has 0 atom stereocenters. The summed E-state index contributed by atoms with van der Waals surface area (Å²) in [6.45, 7) is 3.40. The first-order chi connectivity index (χ1) is 10.6. The molecule has 2 aromatic rings. The van der Waals surface area contributed by atoms with Crippen LogP contribution >= 0.6 is 15.9 Å². The molecule has 1 amide bonds. The fourth-order valence-corrected chi connectivity index (χ4v) is 2.98. The van der Waals surface area contributed by atoms with E-state index in [4.69, 9.17) is 0 Å². The Morgan fingerprint density at radius 2 is 1.95 bits per heavy atom. The minimum absolute atomic E-state index is 0.0104. The lowest BCUT2D eigenvalue weighted by Gasteiger charge is -2.34. The first kappa shape index (κ1) is 15.2. The fourth-order valence-electron chi connectivity index (χ4n) is 2.64. The second-order valence-corrected chi connectivity index (χ2v) is 6.31. The van der Waals surface area contributed by atoms with Crippen LogP contribution < -0.4 is 0 Å². The summed E-state index contributed by atoms with van der Waals surface area (Å²) in [5, 5.41) is 0. The van der Waals surface area contributed by atoms with Crippen LogP contribution in [0.25, 0.3) is 0 Å². The highest BCUT2D eigenvalue weighted by Gasteiger charge is 2.23. The summed E-state index contributed by atoms with van der Waals surface area (Å²) in [6, 6.07) is 8.63. The summed E-state index contributed by atoms with van der Waals surface area (Å²) >= 11 is 3.33. The van der Waals surface area contributed by atoms with Gasteiger partial charge >= 0.3 is 0 Å². The topological polar surface area (TPSA) is 39.3 Å². The summed E-state index contributed by atoms with van der Waals surface area (Å²) in [6.07, 6.45) is 1.75. The molecule has 0 aliphatic carbocycles. The number of nitrogens with zero attached hydrogens (tertiary/aromatic N) is 2. The van der Waals surface area contributed by atoms with Crippen molar-refractivity contribution in [3.63, 3.8) is 0 Å². The van der Waals surface area contributed by atoms with Crippen molar-refractivity contribution < 1.29 is 9.18 Å². The number of carbonyl (C=O) groups is 1. The number of aromatic amines is 1. The highest BCUT2D eigenvalue weighted by atomic mass is 79.9. The number of H-pyrrole nitrogens is 1. The van der Waals surface area contributed by atoms with E-state index in [1.54, 1.807) is 18.3 Å². The Morgan fingerprint density at radius 1 is 1.23 bits per heavy atom. The van der Waals surface area contributed by atoms with E-state index in [-0.39, 0.29) is 11.7 Å². The standard InChI is InChI=1S/C16H17BrFN3O/c17-13-9-15(19-10-13)16(22)21-7-5-20(6-8-21)11-12-3-1-2-4-14(12)18/h1-4,9-10,19H,5-8,11H2. The molecule has 1 aliphatic heterocycles. The molecule has 116 valence electrons. The van der Waals surface area contributed by atoms with Crippen LogP contribution in [0.5, 0.6) is 0 Å². The Balaban J connectivity index is 1.56. The zero-order chi connectivity index (χ0) is 15.5. The van der Waals surface area contributed by atoms with Gasteiger partial charge in [-0.2, -0.15) is 0 Å². The normalized spacial score (nSPS) is 16.0. The van der Waals surface area contributed by atoms with Crippen LogP contribution in [-0.2, 0) is 6.54 Å². The summed E-state index contributed by atoms with van der Waals surface area (Å²) < 4.78 is 14.5. The number of aromatic nitrogens is 1. The molecule has 0 radical (unpaired) electrons. The number of hydrogen-bond acceptors (Lipinski definition) is 2. The van der Waals surface area contributed by atoms with Crippen molar-refractivity contribution in [2.45, 2.75) is 6.54 Å². The maximum atomic E-state index is 13.7. The van der Waals surface area contributed by atoms with Crippen molar-refractivity contribution in [1.29, 1.82) is 0 Å². The third-order valence-corrected chi connectivity index (χ3v) is 4.35. The second-order valence-electron chi connectivity index (χ2n) is 5.39. The van der Waals surface area contributed by atoms with Gasteiger partial charge in [0, 0.05) is 49.0 Å². The zero-order valence-electron chi connectivity index (χ0n) is 12.1. The molecular formula is C16H17BrFN3O.